The number of ether oxygens (including phenoxy) is 2. The largest absolute Gasteiger partial charge is 0.505 e. The molecule has 31 heavy (non-hydrogen) atoms. The van der Waals surface area contributed by atoms with E-state index in [-0.39, 0.29) is 26.9 Å². The Hall–Kier alpha value is -2.48. The number of carbonyl (C=O) groups is 2. The summed E-state index contributed by atoms with van der Waals surface area (Å²) in [5.74, 6) is -1.28. The lowest BCUT2D eigenvalue weighted by Crippen LogP contribution is -2.28. The number of halogens is 2. The second-order valence-electron chi connectivity index (χ2n) is 6.82. The second kappa shape index (κ2) is 11.8. The summed E-state index contributed by atoms with van der Waals surface area (Å²) in [7, 11) is 3.15. The smallest absolute Gasteiger partial charge is 0.327 e. The van der Waals surface area contributed by atoms with E-state index >= 15 is 0 Å². The third-order valence-corrected chi connectivity index (χ3v) is 5.19. The lowest BCUT2D eigenvalue weighted by Gasteiger charge is -2.17. The first kappa shape index (κ1) is 24.8. The van der Waals surface area contributed by atoms with Crippen LogP contribution in [0.25, 0.3) is 0 Å². The number of hydrogen-bond donors (Lipinski definition) is 3. The van der Waals surface area contributed by atoms with E-state index < -0.39 is 23.5 Å². The third-order valence-electron chi connectivity index (χ3n) is 4.56. The predicted octanol–water partition coefficient (Wildman–Crippen LogP) is 4.28. The van der Waals surface area contributed by atoms with Crippen LogP contribution < -0.4 is 15.4 Å². The van der Waals surface area contributed by atoms with Crippen molar-refractivity contribution >= 4 is 40.6 Å². The van der Waals surface area contributed by atoms with Gasteiger partial charge < -0.3 is 25.2 Å². The summed E-state index contributed by atoms with van der Waals surface area (Å²) in [6.07, 6.45) is 1.68. The van der Waals surface area contributed by atoms with Crippen molar-refractivity contribution in [1.82, 2.24) is 5.32 Å². The quantitative estimate of drug-likeness (QED) is 0.257. The third kappa shape index (κ3) is 6.26. The lowest BCUT2D eigenvalue weighted by molar-refractivity contribution is -0.141. The number of ketones is 1. The molecule has 9 heteroatoms. The van der Waals surface area contributed by atoms with Crippen molar-refractivity contribution in [2.24, 2.45) is 0 Å². The van der Waals surface area contributed by atoms with Gasteiger partial charge in [0.15, 0.2) is 11.5 Å². The molecule has 0 bridgehead atoms. The highest BCUT2D eigenvalue weighted by Crippen LogP contribution is 2.43. The number of anilines is 1. The first-order valence-electron chi connectivity index (χ1n) is 9.78. The normalized spacial score (nSPS) is 11.6. The molecule has 0 saturated heterocycles. The molecule has 0 aliphatic heterocycles. The molecule has 168 valence electrons. The maximum absolute atomic E-state index is 13.2. The average molecular weight is 469 g/mol. The van der Waals surface area contributed by atoms with Crippen molar-refractivity contribution in [2.75, 3.05) is 32.6 Å². The molecule has 2 rings (SSSR count). The predicted molar refractivity (Wildman–Crippen MR) is 122 cm³/mol. The number of phenols is 1. The number of hydrogen-bond acceptors (Lipinski definition) is 7. The molecule has 1 unspecified atom stereocenters. The topological polar surface area (TPSA) is 96.9 Å². The van der Waals surface area contributed by atoms with Crippen LogP contribution in [0, 0.1) is 0 Å². The van der Waals surface area contributed by atoms with Crippen molar-refractivity contribution < 1.29 is 24.2 Å². The van der Waals surface area contributed by atoms with Gasteiger partial charge in [0, 0.05) is 11.3 Å². The van der Waals surface area contributed by atoms with Crippen LogP contribution in [0.15, 0.2) is 30.3 Å². The van der Waals surface area contributed by atoms with Crippen molar-refractivity contribution in [1.29, 1.82) is 0 Å². The fraction of sp³-hybridized carbons (Fsp3) is 0.364. The molecule has 3 N–H and O–H groups in total. The lowest BCUT2D eigenvalue weighted by atomic mass is 10.00. The fourth-order valence-electron chi connectivity index (χ4n) is 2.90. The van der Waals surface area contributed by atoms with Crippen LogP contribution in [0.4, 0.5) is 5.69 Å². The Kier molecular flexibility index (Phi) is 9.43. The van der Waals surface area contributed by atoms with Crippen LogP contribution >= 0.6 is 23.2 Å². The van der Waals surface area contributed by atoms with Gasteiger partial charge in [-0.05, 0) is 51.6 Å². The molecule has 0 spiro atoms. The number of methoxy groups -OCH3 is 1. The Balaban J connectivity index is 2.29. The van der Waals surface area contributed by atoms with E-state index in [1.54, 1.807) is 31.2 Å². The highest BCUT2D eigenvalue weighted by Gasteiger charge is 2.24. The van der Waals surface area contributed by atoms with E-state index in [1.165, 1.54) is 13.2 Å². The number of esters is 1. The molecule has 1 atom stereocenters. The van der Waals surface area contributed by atoms with Gasteiger partial charge in [-0.15, -0.1) is 0 Å². The maximum atomic E-state index is 13.2. The molecule has 0 aliphatic carbocycles. The zero-order valence-corrected chi connectivity index (χ0v) is 19.1. The Morgan fingerprint density at radius 2 is 1.87 bits per heavy atom. The highest BCUT2D eigenvalue weighted by atomic mass is 35.5. The number of benzene rings is 2. The Labute approximate surface area is 191 Å². The zero-order valence-electron chi connectivity index (χ0n) is 17.6. The summed E-state index contributed by atoms with van der Waals surface area (Å²) in [4.78, 5) is 24.9. The second-order valence-corrected chi connectivity index (χ2v) is 7.61. The summed E-state index contributed by atoms with van der Waals surface area (Å²) >= 11 is 12.6. The van der Waals surface area contributed by atoms with Gasteiger partial charge >= 0.3 is 5.97 Å². The molecule has 2 aromatic rings. The number of carbonyl (C=O) groups excluding carboxylic acids is 2. The van der Waals surface area contributed by atoms with E-state index in [0.29, 0.717) is 12.3 Å². The van der Waals surface area contributed by atoms with Crippen LogP contribution in [-0.2, 0) is 9.53 Å². The molecule has 2 aromatic carbocycles. The van der Waals surface area contributed by atoms with Gasteiger partial charge in [-0.3, -0.25) is 4.79 Å². The summed E-state index contributed by atoms with van der Waals surface area (Å²) in [5.41, 5.74) is 0.570. The van der Waals surface area contributed by atoms with Gasteiger partial charge in [-0.1, -0.05) is 35.3 Å². The molecule has 0 heterocycles. The van der Waals surface area contributed by atoms with Crippen LogP contribution in [0.2, 0.25) is 10.0 Å². The van der Waals surface area contributed by atoms with Crippen LogP contribution in [0.5, 0.6) is 11.5 Å². The summed E-state index contributed by atoms with van der Waals surface area (Å²) in [6.45, 7) is 2.83. The minimum atomic E-state index is -0.682. The number of nitrogens with one attached hydrogen (secondary N) is 2. The van der Waals surface area contributed by atoms with E-state index in [4.69, 9.17) is 32.7 Å². The molecule has 0 saturated carbocycles. The minimum Gasteiger partial charge on any atom is -0.505 e. The Bertz CT molecular complexity index is 936. The van der Waals surface area contributed by atoms with Crippen molar-refractivity contribution in [2.45, 2.75) is 25.8 Å². The Morgan fingerprint density at radius 1 is 1.16 bits per heavy atom. The van der Waals surface area contributed by atoms with Crippen molar-refractivity contribution in [3.8, 4) is 11.5 Å². The molecule has 0 fully saturated rings. The summed E-state index contributed by atoms with van der Waals surface area (Å²) in [5, 5.41) is 16.6. The monoisotopic (exact) mass is 468 g/mol. The van der Waals surface area contributed by atoms with Crippen LogP contribution in [-0.4, -0.2) is 50.2 Å². The van der Waals surface area contributed by atoms with Crippen LogP contribution in [0.3, 0.4) is 0 Å². The first-order chi connectivity index (χ1) is 14.8. The number of unbranched alkanes of at least 4 members (excludes halogenated alkanes) is 1. The van der Waals surface area contributed by atoms with E-state index in [0.717, 1.165) is 19.4 Å². The molecular formula is C22H26Cl2N2O5. The zero-order chi connectivity index (χ0) is 23.0. The molecule has 0 amide bonds. The summed E-state index contributed by atoms with van der Waals surface area (Å²) in [6, 6.07) is 7.25. The van der Waals surface area contributed by atoms with Gasteiger partial charge in [0.2, 0.25) is 0 Å². The standard InChI is InChI=1S/C22H26Cl2N2O5/c1-13(22(29)30-3)26-17-9-5-4-8-14(17)19(27)15-12-16(23)21(18(24)20(15)28)31-11-7-6-10-25-2/h4-5,8-9,12-13,25-26,28H,6-7,10-11H2,1-3H3. The number of para-hydroxylation sites is 1. The SMILES string of the molecule is CNCCCCOc1c(Cl)cc(C(=O)c2ccccc2NC(C)C(=O)OC)c(O)c1Cl. The number of rotatable bonds is 11. The summed E-state index contributed by atoms with van der Waals surface area (Å²) < 4.78 is 10.3. The average Bonchev–Trinajstić information content (AvgIpc) is 2.77. The minimum absolute atomic E-state index is 0.0718. The molecule has 0 aromatic heterocycles. The van der Waals surface area contributed by atoms with Gasteiger partial charge in [0.25, 0.3) is 0 Å². The van der Waals surface area contributed by atoms with Gasteiger partial charge in [0.05, 0.1) is 24.3 Å². The molecular weight excluding hydrogens is 443 g/mol. The highest BCUT2D eigenvalue weighted by molar-refractivity contribution is 6.39. The van der Waals surface area contributed by atoms with Gasteiger partial charge in [0.1, 0.15) is 16.8 Å². The van der Waals surface area contributed by atoms with Crippen LogP contribution in [0.1, 0.15) is 35.7 Å². The van der Waals surface area contributed by atoms with Gasteiger partial charge in [-0.2, -0.15) is 0 Å². The maximum Gasteiger partial charge on any atom is 0.327 e. The molecule has 0 radical (unpaired) electrons. The van der Waals surface area contributed by atoms with E-state index in [1.807, 2.05) is 7.05 Å². The first-order valence-corrected chi connectivity index (χ1v) is 10.5. The van der Waals surface area contributed by atoms with Crippen molar-refractivity contribution in [3.63, 3.8) is 0 Å². The molecule has 0 aliphatic rings. The van der Waals surface area contributed by atoms with Gasteiger partial charge in [-0.25, -0.2) is 4.79 Å². The van der Waals surface area contributed by atoms with E-state index in [2.05, 4.69) is 10.6 Å². The fourth-order valence-corrected chi connectivity index (χ4v) is 3.46. The Morgan fingerprint density at radius 3 is 2.55 bits per heavy atom. The van der Waals surface area contributed by atoms with Crippen molar-refractivity contribution in [3.05, 3.63) is 51.5 Å². The van der Waals surface area contributed by atoms with E-state index in [9.17, 15) is 14.7 Å². The molecule has 7 nitrogen and oxygen atoms in total. The number of phenolic OH excluding ortho intramolecular Hbond substituents is 1. The number of aromatic hydroxyl groups is 1.